The van der Waals surface area contributed by atoms with E-state index in [4.69, 9.17) is 11.6 Å². The van der Waals surface area contributed by atoms with Gasteiger partial charge in [0.2, 0.25) is 0 Å². The van der Waals surface area contributed by atoms with E-state index < -0.39 is 17.6 Å². The van der Waals surface area contributed by atoms with Crippen LogP contribution in [0.15, 0.2) is 30.6 Å². The van der Waals surface area contributed by atoms with E-state index in [2.05, 4.69) is 0 Å². The van der Waals surface area contributed by atoms with E-state index in [-0.39, 0.29) is 5.69 Å². The summed E-state index contributed by atoms with van der Waals surface area (Å²) in [6.07, 6.45) is -2.56. The molecule has 0 unspecified atom stereocenters. The molecule has 3 nitrogen and oxygen atoms in total. The van der Waals surface area contributed by atoms with Gasteiger partial charge in [0.25, 0.3) is 0 Å². The van der Waals surface area contributed by atoms with Crippen molar-refractivity contribution in [3.8, 4) is 0 Å². The van der Waals surface area contributed by atoms with Gasteiger partial charge in [-0.15, -0.1) is 0 Å². The van der Waals surface area contributed by atoms with Crippen LogP contribution >= 0.6 is 0 Å². The topological polar surface area (TPSA) is 55.3 Å². The second-order valence-corrected chi connectivity index (χ2v) is 2.91. The van der Waals surface area contributed by atoms with Crippen molar-refractivity contribution in [2.24, 2.45) is 11.6 Å². The Balaban J connectivity index is 3.17. The highest BCUT2D eigenvalue weighted by atomic mass is 19.4. The Morgan fingerprint density at radius 2 is 1.88 bits per heavy atom. The summed E-state index contributed by atoms with van der Waals surface area (Å²) in [7, 11) is 0. The molecule has 0 amide bonds. The number of hydrazine groups is 1. The van der Waals surface area contributed by atoms with Crippen LogP contribution in [0.1, 0.15) is 5.56 Å². The highest BCUT2D eigenvalue weighted by molar-refractivity contribution is 5.50. The highest BCUT2D eigenvalue weighted by Gasteiger charge is 2.34. The van der Waals surface area contributed by atoms with Crippen molar-refractivity contribution in [2.75, 3.05) is 5.01 Å². The molecule has 88 valence electrons. The van der Waals surface area contributed by atoms with Crippen molar-refractivity contribution in [2.45, 2.75) is 6.18 Å². The molecular weight excluding hydrogens is 226 g/mol. The lowest BCUT2D eigenvalue weighted by Crippen LogP contribution is -2.25. The first kappa shape index (κ1) is 12.3. The number of alkyl halides is 3. The summed E-state index contributed by atoms with van der Waals surface area (Å²) in [6.45, 7) is 0. The maximum Gasteiger partial charge on any atom is 0.419 e. The van der Waals surface area contributed by atoms with Crippen LogP contribution in [0.4, 0.5) is 23.2 Å². The van der Waals surface area contributed by atoms with Gasteiger partial charge in [-0.25, -0.2) is 10.2 Å². The van der Waals surface area contributed by atoms with Gasteiger partial charge in [0.05, 0.1) is 11.3 Å². The van der Waals surface area contributed by atoms with Crippen LogP contribution in [-0.2, 0) is 6.18 Å². The number of nitrogens with two attached hydrogens (primary N) is 2. The number of anilines is 1. The lowest BCUT2D eigenvalue weighted by atomic mass is 10.2. The minimum atomic E-state index is -4.76. The summed E-state index contributed by atoms with van der Waals surface area (Å²) in [5.41, 5.74) is 3.63. The Hall–Kier alpha value is -1.76. The Labute approximate surface area is 88.9 Å². The van der Waals surface area contributed by atoms with Gasteiger partial charge in [0, 0.05) is 12.4 Å². The van der Waals surface area contributed by atoms with E-state index in [0.717, 1.165) is 23.5 Å². The van der Waals surface area contributed by atoms with Crippen LogP contribution in [0.2, 0.25) is 0 Å². The average molecular weight is 235 g/mol. The zero-order valence-corrected chi connectivity index (χ0v) is 8.00. The molecule has 7 heteroatoms. The van der Waals surface area contributed by atoms with Crippen LogP contribution in [0.3, 0.4) is 0 Å². The molecule has 0 aromatic heterocycles. The van der Waals surface area contributed by atoms with E-state index in [1.165, 1.54) is 0 Å². The maximum absolute atomic E-state index is 12.9. The lowest BCUT2D eigenvalue weighted by Gasteiger charge is -2.15. The Kier molecular flexibility index (Phi) is 3.38. The summed E-state index contributed by atoms with van der Waals surface area (Å²) in [6, 6.07) is 2.42. The molecule has 0 atom stereocenters. The summed E-state index contributed by atoms with van der Waals surface area (Å²) in [4.78, 5) is 0. The monoisotopic (exact) mass is 235 g/mol. The first-order valence-corrected chi connectivity index (χ1v) is 4.15. The fraction of sp³-hybridized carbons (Fsp3) is 0.111. The molecule has 0 saturated carbocycles. The molecular formula is C9H9F4N3. The van der Waals surface area contributed by atoms with Crippen molar-refractivity contribution in [1.29, 1.82) is 0 Å². The normalized spacial score (nSPS) is 12.1. The molecule has 0 aliphatic heterocycles. The van der Waals surface area contributed by atoms with Crippen molar-refractivity contribution >= 4 is 5.69 Å². The first-order chi connectivity index (χ1) is 7.36. The van der Waals surface area contributed by atoms with E-state index >= 15 is 0 Å². The fourth-order valence-corrected chi connectivity index (χ4v) is 1.07. The molecule has 1 rings (SSSR count). The van der Waals surface area contributed by atoms with Gasteiger partial charge in [0.15, 0.2) is 0 Å². The number of nitrogens with zero attached hydrogens (tertiary/aromatic N) is 1. The molecule has 1 aromatic carbocycles. The summed E-state index contributed by atoms with van der Waals surface area (Å²) < 4.78 is 49.9. The Bertz CT molecular complexity index is 400. The van der Waals surface area contributed by atoms with Crippen molar-refractivity contribution in [1.82, 2.24) is 0 Å². The average Bonchev–Trinajstić information content (AvgIpc) is 2.16. The molecule has 0 aliphatic rings. The predicted octanol–water partition coefficient (Wildman–Crippen LogP) is 1.95. The third-order valence-corrected chi connectivity index (χ3v) is 1.80. The second kappa shape index (κ2) is 4.40. The molecule has 16 heavy (non-hydrogen) atoms. The number of hydrogen-bond donors (Lipinski definition) is 2. The standard InChI is InChI=1S/C9H9F4N3/c10-8-2-1-6(16(15)4-3-14)5-7(8)9(11,12)13/h1-5H,14-15H2/b4-3-. The molecule has 0 bridgehead atoms. The number of benzene rings is 1. The van der Waals surface area contributed by atoms with Crippen LogP contribution in [0, 0.1) is 5.82 Å². The SMILES string of the molecule is N/C=C\N(N)c1ccc(F)c(C(F)(F)F)c1. The van der Waals surface area contributed by atoms with Gasteiger partial charge >= 0.3 is 6.18 Å². The van der Waals surface area contributed by atoms with Crippen molar-refractivity contribution < 1.29 is 17.6 Å². The quantitative estimate of drug-likeness (QED) is 0.468. The second-order valence-electron chi connectivity index (χ2n) is 2.91. The molecule has 0 heterocycles. The smallest absolute Gasteiger partial charge is 0.403 e. The molecule has 4 N–H and O–H groups in total. The van der Waals surface area contributed by atoms with Gasteiger partial charge in [-0.05, 0) is 18.2 Å². The molecule has 0 radical (unpaired) electrons. The van der Waals surface area contributed by atoms with E-state index in [1.807, 2.05) is 0 Å². The van der Waals surface area contributed by atoms with Gasteiger partial charge in [-0.3, -0.25) is 5.01 Å². The highest BCUT2D eigenvalue weighted by Crippen LogP contribution is 2.33. The summed E-state index contributed by atoms with van der Waals surface area (Å²) >= 11 is 0. The zero-order valence-electron chi connectivity index (χ0n) is 8.00. The molecule has 0 saturated heterocycles. The molecule has 1 aromatic rings. The minimum Gasteiger partial charge on any atom is -0.403 e. The van der Waals surface area contributed by atoms with Crippen LogP contribution in [-0.4, -0.2) is 0 Å². The molecule has 0 fully saturated rings. The van der Waals surface area contributed by atoms with Gasteiger partial charge < -0.3 is 5.73 Å². The van der Waals surface area contributed by atoms with E-state index in [0.29, 0.717) is 12.1 Å². The largest absolute Gasteiger partial charge is 0.419 e. The van der Waals surface area contributed by atoms with Crippen molar-refractivity contribution in [3.05, 3.63) is 42.0 Å². The number of halogens is 4. The van der Waals surface area contributed by atoms with Crippen LogP contribution < -0.4 is 16.6 Å². The van der Waals surface area contributed by atoms with Crippen LogP contribution in [0.25, 0.3) is 0 Å². The maximum atomic E-state index is 12.9. The van der Waals surface area contributed by atoms with Gasteiger partial charge in [0.1, 0.15) is 5.82 Å². The minimum absolute atomic E-state index is 0.0181. The van der Waals surface area contributed by atoms with E-state index in [9.17, 15) is 17.6 Å². The van der Waals surface area contributed by atoms with Crippen molar-refractivity contribution in [3.63, 3.8) is 0 Å². The van der Waals surface area contributed by atoms with Crippen LogP contribution in [0.5, 0.6) is 0 Å². The Morgan fingerprint density at radius 3 is 2.38 bits per heavy atom. The third kappa shape index (κ3) is 2.63. The Morgan fingerprint density at radius 1 is 1.25 bits per heavy atom. The number of hydrogen-bond acceptors (Lipinski definition) is 3. The first-order valence-electron chi connectivity index (χ1n) is 4.15. The van der Waals surface area contributed by atoms with Gasteiger partial charge in [-0.2, -0.15) is 13.2 Å². The number of rotatable bonds is 2. The predicted molar refractivity (Wildman–Crippen MR) is 51.4 cm³/mol. The molecule has 0 spiro atoms. The van der Waals surface area contributed by atoms with Gasteiger partial charge in [-0.1, -0.05) is 0 Å². The third-order valence-electron chi connectivity index (χ3n) is 1.80. The van der Waals surface area contributed by atoms with E-state index in [1.54, 1.807) is 0 Å². The zero-order chi connectivity index (χ0) is 12.3. The fourth-order valence-electron chi connectivity index (χ4n) is 1.07. The lowest BCUT2D eigenvalue weighted by molar-refractivity contribution is -0.139. The summed E-state index contributed by atoms with van der Waals surface area (Å²) in [5.74, 6) is 4.00. The molecule has 0 aliphatic carbocycles. The summed E-state index contributed by atoms with van der Waals surface area (Å²) in [5, 5.41) is 0.856.